The van der Waals surface area contributed by atoms with Crippen molar-refractivity contribution in [3.8, 4) is 0 Å². The van der Waals surface area contributed by atoms with E-state index in [0.717, 1.165) is 13.0 Å². The van der Waals surface area contributed by atoms with Crippen LogP contribution in [0.15, 0.2) is 36.0 Å². The number of pyridine rings is 1. The third kappa shape index (κ3) is 1.82. The first kappa shape index (κ1) is 11.4. The van der Waals surface area contributed by atoms with Crippen molar-refractivity contribution >= 4 is 17.2 Å². The fraction of sp³-hybridized carbons (Fsp3) is 0.286. The molecule has 0 N–H and O–H groups in total. The van der Waals surface area contributed by atoms with Gasteiger partial charge in [-0.15, -0.1) is 11.3 Å². The first-order valence-electron chi connectivity index (χ1n) is 6.04. The fourth-order valence-electron chi connectivity index (χ4n) is 2.44. The molecule has 4 heteroatoms. The minimum atomic E-state index is 0.0763. The number of amides is 1. The molecule has 0 radical (unpaired) electrons. The summed E-state index contributed by atoms with van der Waals surface area (Å²) in [4.78, 5) is 19.8. The lowest BCUT2D eigenvalue weighted by Gasteiger charge is -2.33. The summed E-state index contributed by atoms with van der Waals surface area (Å²) < 4.78 is 0. The maximum Gasteiger partial charge on any atom is 0.255 e. The molecule has 1 unspecified atom stereocenters. The summed E-state index contributed by atoms with van der Waals surface area (Å²) >= 11 is 1.79. The van der Waals surface area contributed by atoms with E-state index in [-0.39, 0.29) is 11.9 Å². The van der Waals surface area contributed by atoms with Crippen LogP contribution in [0.2, 0.25) is 0 Å². The van der Waals surface area contributed by atoms with E-state index in [0.29, 0.717) is 5.56 Å². The summed E-state index contributed by atoms with van der Waals surface area (Å²) in [5.74, 6) is 0.0763. The van der Waals surface area contributed by atoms with Crippen LogP contribution in [0.1, 0.15) is 33.8 Å². The first-order valence-corrected chi connectivity index (χ1v) is 6.92. The molecular weight excluding hydrogens is 244 g/mol. The Bertz CT molecular complexity index is 564. The molecule has 0 aromatic carbocycles. The predicted molar refractivity (Wildman–Crippen MR) is 71.7 cm³/mol. The number of rotatable bonds is 1. The van der Waals surface area contributed by atoms with Crippen LogP contribution < -0.4 is 0 Å². The molecule has 0 bridgehead atoms. The first-order chi connectivity index (χ1) is 8.77. The Morgan fingerprint density at radius 3 is 3.17 bits per heavy atom. The number of fused-ring (bicyclic) bond motifs is 1. The van der Waals surface area contributed by atoms with Crippen molar-refractivity contribution in [1.29, 1.82) is 0 Å². The number of aromatic nitrogens is 1. The van der Waals surface area contributed by atoms with Gasteiger partial charge in [-0.25, -0.2) is 0 Å². The zero-order chi connectivity index (χ0) is 12.5. The maximum absolute atomic E-state index is 12.4. The standard InChI is InChI=1S/C14H14N2OS/c1-10-12-5-8-18-13(12)4-7-16(10)14(17)11-3-2-6-15-9-11/h2-3,5-6,8-10H,4,7H2,1H3. The Morgan fingerprint density at radius 2 is 2.39 bits per heavy atom. The van der Waals surface area contributed by atoms with E-state index >= 15 is 0 Å². The molecule has 0 fully saturated rings. The predicted octanol–water partition coefficient (Wildman–Crippen LogP) is 2.90. The largest absolute Gasteiger partial charge is 0.331 e. The van der Waals surface area contributed by atoms with Gasteiger partial charge in [0.25, 0.3) is 5.91 Å². The van der Waals surface area contributed by atoms with E-state index in [1.807, 2.05) is 11.0 Å². The smallest absolute Gasteiger partial charge is 0.255 e. The molecule has 0 saturated carbocycles. The Morgan fingerprint density at radius 1 is 1.50 bits per heavy atom. The van der Waals surface area contributed by atoms with E-state index in [2.05, 4.69) is 23.4 Å². The van der Waals surface area contributed by atoms with Gasteiger partial charge in [0.15, 0.2) is 0 Å². The summed E-state index contributed by atoms with van der Waals surface area (Å²) in [5, 5.41) is 2.11. The van der Waals surface area contributed by atoms with Crippen LogP contribution in [0.4, 0.5) is 0 Å². The highest BCUT2D eigenvalue weighted by Crippen LogP contribution is 2.33. The molecule has 1 atom stereocenters. The minimum Gasteiger partial charge on any atom is -0.331 e. The lowest BCUT2D eigenvalue weighted by Crippen LogP contribution is -2.38. The van der Waals surface area contributed by atoms with E-state index in [4.69, 9.17) is 0 Å². The Balaban J connectivity index is 1.89. The molecule has 0 aliphatic carbocycles. The average Bonchev–Trinajstić information content (AvgIpc) is 2.89. The summed E-state index contributed by atoms with van der Waals surface area (Å²) in [6.07, 6.45) is 4.29. The average molecular weight is 258 g/mol. The second-order valence-electron chi connectivity index (χ2n) is 4.47. The highest BCUT2D eigenvalue weighted by Gasteiger charge is 2.28. The lowest BCUT2D eigenvalue weighted by molar-refractivity contribution is 0.0679. The molecular formula is C14H14N2OS. The molecule has 1 amide bonds. The van der Waals surface area contributed by atoms with Gasteiger partial charge in [0, 0.05) is 23.8 Å². The minimum absolute atomic E-state index is 0.0763. The summed E-state index contributed by atoms with van der Waals surface area (Å²) in [5.41, 5.74) is 1.96. The van der Waals surface area contributed by atoms with Crippen molar-refractivity contribution < 1.29 is 4.79 Å². The lowest BCUT2D eigenvalue weighted by atomic mass is 10.0. The van der Waals surface area contributed by atoms with Crippen LogP contribution >= 0.6 is 11.3 Å². The SMILES string of the molecule is CC1c2ccsc2CCN1C(=O)c1cccnc1. The number of carbonyl (C=O) groups is 1. The molecule has 92 valence electrons. The van der Waals surface area contributed by atoms with Gasteiger partial charge < -0.3 is 4.90 Å². The number of hydrogen-bond acceptors (Lipinski definition) is 3. The third-order valence-corrected chi connectivity index (χ3v) is 4.44. The second-order valence-corrected chi connectivity index (χ2v) is 5.47. The van der Waals surface area contributed by atoms with Crippen LogP contribution in [0.3, 0.4) is 0 Å². The number of hydrogen-bond donors (Lipinski definition) is 0. The van der Waals surface area contributed by atoms with Gasteiger partial charge >= 0.3 is 0 Å². The van der Waals surface area contributed by atoms with Crippen LogP contribution in [-0.4, -0.2) is 22.3 Å². The van der Waals surface area contributed by atoms with Crippen molar-refractivity contribution in [2.24, 2.45) is 0 Å². The van der Waals surface area contributed by atoms with Gasteiger partial charge in [-0.3, -0.25) is 9.78 Å². The van der Waals surface area contributed by atoms with Crippen LogP contribution in [0, 0.1) is 0 Å². The zero-order valence-corrected chi connectivity index (χ0v) is 11.0. The molecule has 3 nitrogen and oxygen atoms in total. The van der Waals surface area contributed by atoms with Crippen molar-refractivity contribution in [1.82, 2.24) is 9.88 Å². The van der Waals surface area contributed by atoms with Crippen molar-refractivity contribution in [3.05, 3.63) is 52.0 Å². The van der Waals surface area contributed by atoms with Gasteiger partial charge in [-0.05, 0) is 42.5 Å². The Labute approximate surface area is 110 Å². The quantitative estimate of drug-likeness (QED) is 0.788. The maximum atomic E-state index is 12.4. The molecule has 3 heterocycles. The van der Waals surface area contributed by atoms with Crippen molar-refractivity contribution in [2.45, 2.75) is 19.4 Å². The Hall–Kier alpha value is -1.68. The van der Waals surface area contributed by atoms with Gasteiger partial charge in [-0.2, -0.15) is 0 Å². The highest BCUT2D eigenvalue weighted by molar-refractivity contribution is 7.10. The number of thiophene rings is 1. The van der Waals surface area contributed by atoms with Crippen molar-refractivity contribution in [3.63, 3.8) is 0 Å². The number of carbonyl (C=O) groups excluding carboxylic acids is 1. The molecule has 2 aromatic heterocycles. The molecule has 2 aromatic rings. The Kier molecular flexibility index (Phi) is 2.88. The summed E-state index contributed by atoms with van der Waals surface area (Å²) in [6.45, 7) is 2.89. The zero-order valence-electron chi connectivity index (χ0n) is 10.2. The molecule has 0 saturated heterocycles. The number of nitrogens with zero attached hydrogens (tertiary/aromatic N) is 2. The summed E-state index contributed by atoms with van der Waals surface area (Å²) in [6, 6.07) is 5.92. The molecule has 1 aliphatic rings. The van der Waals surface area contributed by atoms with E-state index in [1.165, 1.54) is 10.4 Å². The molecule has 1 aliphatic heterocycles. The molecule has 18 heavy (non-hydrogen) atoms. The van der Waals surface area contributed by atoms with Gasteiger partial charge in [0.05, 0.1) is 11.6 Å². The van der Waals surface area contributed by atoms with E-state index in [1.54, 1.807) is 29.8 Å². The monoisotopic (exact) mass is 258 g/mol. The van der Waals surface area contributed by atoms with Gasteiger partial charge in [-0.1, -0.05) is 0 Å². The summed E-state index contributed by atoms with van der Waals surface area (Å²) in [7, 11) is 0. The second kappa shape index (κ2) is 4.53. The van der Waals surface area contributed by atoms with Gasteiger partial charge in [0.1, 0.15) is 0 Å². The normalized spacial score (nSPS) is 18.5. The van der Waals surface area contributed by atoms with E-state index < -0.39 is 0 Å². The van der Waals surface area contributed by atoms with Crippen LogP contribution in [0.5, 0.6) is 0 Å². The van der Waals surface area contributed by atoms with Gasteiger partial charge in [0.2, 0.25) is 0 Å². The van der Waals surface area contributed by atoms with Crippen molar-refractivity contribution in [2.75, 3.05) is 6.54 Å². The third-order valence-electron chi connectivity index (χ3n) is 3.45. The molecule has 0 spiro atoms. The van der Waals surface area contributed by atoms with Crippen LogP contribution in [-0.2, 0) is 6.42 Å². The topological polar surface area (TPSA) is 33.2 Å². The van der Waals surface area contributed by atoms with Crippen LogP contribution in [0.25, 0.3) is 0 Å². The van der Waals surface area contributed by atoms with E-state index in [9.17, 15) is 4.79 Å². The molecule has 3 rings (SSSR count). The highest BCUT2D eigenvalue weighted by atomic mass is 32.1. The fourth-order valence-corrected chi connectivity index (χ4v) is 3.40.